The minimum atomic E-state index is -6.20. The van der Waals surface area contributed by atoms with Gasteiger partial charge in [-0.1, -0.05) is 12.1 Å². The van der Waals surface area contributed by atoms with Crippen molar-refractivity contribution in [3.63, 3.8) is 0 Å². The lowest BCUT2D eigenvalue weighted by Gasteiger charge is -2.38. The van der Waals surface area contributed by atoms with Gasteiger partial charge in [0.2, 0.25) is 5.41 Å². The molecule has 4 rings (SSSR count). The molecule has 15 heteroatoms. The summed E-state index contributed by atoms with van der Waals surface area (Å²) < 4.78 is 94.0. The Hall–Kier alpha value is -5.86. The molecular weight excluding hydrogens is 626 g/mol. The zero-order valence-electron chi connectivity index (χ0n) is 22.9. The van der Waals surface area contributed by atoms with Gasteiger partial charge in [-0.15, -0.1) is 0 Å². The number of alkyl halides is 6. The van der Waals surface area contributed by atoms with Crippen molar-refractivity contribution in [2.45, 2.75) is 17.8 Å². The number of amides is 1. The number of rotatable bonds is 9. The predicted octanol–water partition coefficient (Wildman–Crippen LogP) is 6.93. The first kappa shape index (κ1) is 33.0. The smallest absolute Gasteiger partial charge is 0.411 e. The summed E-state index contributed by atoms with van der Waals surface area (Å²) in [6.07, 6.45) is -12.6. The lowest BCUT2D eigenvalue weighted by atomic mass is 9.71. The Morgan fingerprint density at radius 1 is 0.674 bits per heavy atom. The summed E-state index contributed by atoms with van der Waals surface area (Å²) in [4.78, 5) is 47.9. The Morgan fingerprint density at radius 3 is 1.63 bits per heavy atom. The molecule has 9 nitrogen and oxygen atoms in total. The zero-order chi connectivity index (χ0) is 34.0. The summed E-state index contributed by atoms with van der Waals surface area (Å²) in [5.74, 6) is -4.29. The van der Waals surface area contributed by atoms with Gasteiger partial charge < -0.3 is 26.0 Å². The molecule has 4 aromatic carbocycles. The van der Waals surface area contributed by atoms with E-state index in [-0.39, 0.29) is 42.0 Å². The second-order valence-electron chi connectivity index (χ2n) is 9.69. The van der Waals surface area contributed by atoms with Crippen LogP contribution in [-0.4, -0.2) is 46.7 Å². The van der Waals surface area contributed by atoms with E-state index in [4.69, 9.17) is 10.5 Å². The van der Waals surface area contributed by atoms with Crippen LogP contribution in [0.1, 0.15) is 52.6 Å². The highest BCUT2D eigenvalue weighted by Gasteiger charge is 2.72. The lowest BCUT2D eigenvalue weighted by molar-refractivity contribution is -0.288. The van der Waals surface area contributed by atoms with Crippen molar-refractivity contribution in [1.82, 2.24) is 0 Å². The van der Waals surface area contributed by atoms with Crippen molar-refractivity contribution in [2.75, 3.05) is 11.1 Å². The Labute approximate surface area is 254 Å². The number of nitrogens with one attached hydrogen (secondary N) is 1. The summed E-state index contributed by atoms with van der Waals surface area (Å²) >= 11 is 0. The number of ether oxygens (including phenoxy) is 1. The van der Waals surface area contributed by atoms with Crippen LogP contribution < -0.4 is 15.8 Å². The molecule has 1 amide bonds. The topological polar surface area (TPSA) is 156 Å². The molecule has 0 aromatic heterocycles. The number of anilines is 2. The van der Waals surface area contributed by atoms with Gasteiger partial charge in [-0.05, 0) is 83.9 Å². The van der Waals surface area contributed by atoms with Crippen molar-refractivity contribution in [1.29, 1.82) is 0 Å². The summed E-state index contributed by atoms with van der Waals surface area (Å²) in [5.41, 5.74) is -5.86. The molecule has 0 saturated heterocycles. The van der Waals surface area contributed by atoms with E-state index in [0.29, 0.717) is 23.6 Å². The fourth-order valence-corrected chi connectivity index (χ4v) is 4.70. The number of halogens is 6. The summed E-state index contributed by atoms with van der Waals surface area (Å²) in [7, 11) is 0. The summed E-state index contributed by atoms with van der Waals surface area (Å²) in [6, 6.07) is 13.2. The second-order valence-corrected chi connectivity index (χ2v) is 9.69. The normalized spacial score (nSPS) is 11.9. The molecule has 0 bridgehead atoms. The number of nitrogens with two attached hydrogens (primary N) is 1. The number of hydrogen-bond acceptors (Lipinski definition) is 6. The average molecular weight is 646 g/mol. The Bertz CT molecular complexity index is 1810. The molecule has 0 aliphatic rings. The highest BCUT2D eigenvalue weighted by Crippen LogP contribution is 2.56. The van der Waals surface area contributed by atoms with Gasteiger partial charge in [0.05, 0.1) is 16.7 Å². The molecule has 0 saturated carbocycles. The molecule has 5 N–H and O–H groups in total. The molecule has 4 aromatic rings. The van der Waals surface area contributed by atoms with Crippen LogP contribution in [0.4, 0.5) is 37.7 Å². The van der Waals surface area contributed by atoms with Crippen molar-refractivity contribution >= 4 is 35.5 Å². The maximum atomic E-state index is 14.7. The van der Waals surface area contributed by atoms with E-state index in [9.17, 15) is 55.7 Å². The number of carboxylic acids is 2. The van der Waals surface area contributed by atoms with Crippen LogP contribution in [0, 0.1) is 0 Å². The molecule has 0 heterocycles. The number of aldehydes is 1. The van der Waals surface area contributed by atoms with E-state index < -0.39 is 69.0 Å². The lowest BCUT2D eigenvalue weighted by Crippen LogP contribution is -2.55. The maximum Gasteiger partial charge on any atom is 0.411 e. The first-order chi connectivity index (χ1) is 21.5. The summed E-state index contributed by atoms with van der Waals surface area (Å²) in [5, 5.41) is 21.1. The molecule has 0 radical (unpaired) electrons. The van der Waals surface area contributed by atoms with Gasteiger partial charge in [0.25, 0.3) is 5.91 Å². The third-order valence-electron chi connectivity index (χ3n) is 6.85. The Morgan fingerprint density at radius 2 is 1.15 bits per heavy atom. The molecule has 0 spiro atoms. The molecule has 0 aliphatic heterocycles. The van der Waals surface area contributed by atoms with Crippen molar-refractivity contribution in [3.8, 4) is 11.5 Å². The fourth-order valence-electron chi connectivity index (χ4n) is 4.70. The number of carbonyl (C=O) groups excluding carboxylic acids is 2. The molecular formula is C31H20F6N2O7. The van der Waals surface area contributed by atoms with Gasteiger partial charge in [0, 0.05) is 16.9 Å². The van der Waals surface area contributed by atoms with Gasteiger partial charge in [0.15, 0.2) is 6.29 Å². The standard InChI is InChI=1S/C31H20F6N2O7/c32-30(33,34)29(31(35,36)37,17-1-11-23(27(42)43)16(13-17)15-40)18-2-12-24(28(44)45)25(14-18)26(41)39-20-5-9-22(10-6-20)46-21-7-3-19(38)4-8-21/h1-15H,38H2,(H,39,41)(H,42,43)(H,44,45). The van der Waals surface area contributed by atoms with E-state index in [1.54, 1.807) is 24.3 Å². The number of aromatic carboxylic acids is 2. The second kappa shape index (κ2) is 12.3. The maximum absolute atomic E-state index is 14.7. The number of carbonyl (C=O) groups is 4. The molecule has 46 heavy (non-hydrogen) atoms. The van der Waals surface area contributed by atoms with Crippen LogP contribution in [0.3, 0.4) is 0 Å². The first-order valence-corrected chi connectivity index (χ1v) is 12.8. The third-order valence-corrected chi connectivity index (χ3v) is 6.85. The third kappa shape index (κ3) is 6.20. The van der Waals surface area contributed by atoms with Gasteiger partial charge in [-0.25, -0.2) is 9.59 Å². The van der Waals surface area contributed by atoms with Gasteiger partial charge >= 0.3 is 24.3 Å². The summed E-state index contributed by atoms with van der Waals surface area (Å²) in [6.45, 7) is 0. The number of hydrogen-bond donors (Lipinski definition) is 4. The van der Waals surface area contributed by atoms with Crippen LogP contribution >= 0.6 is 0 Å². The predicted molar refractivity (Wildman–Crippen MR) is 150 cm³/mol. The minimum Gasteiger partial charge on any atom is -0.478 e. The van der Waals surface area contributed by atoms with E-state index >= 15 is 0 Å². The average Bonchev–Trinajstić information content (AvgIpc) is 2.97. The van der Waals surface area contributed by atoms with Crippen LogP contribution in [-0.2, 0) is 5.41 Å². The van der Waals surface area contributed by atoms with Crippen LogP contribution in [0.5, 0.6) is 11.5 Å². The largest absolute Gasteiger partial charge is 0.478 e. The van der Waals surface area contributed by atoms with Crippen molar-refractivity contribution in [3.05, 3.63) is 118 Å². The highest BCUT2D eigenvalue weighted by molar-refractivity contribution is 6.11. The van der Waals surface area contributed by atoms with E-state index in [2.05, 4.69) is 5.32 Å². The number of carboxylic acid groups (broad SMARTS) is 2. The van der Waals surface area contributed by atoms with Gasteiger partial charge in [-0.2, -0.15) is 26.3 Å². The van der Waals surface area contributed by atoms with Crippen LogP contribution in [0.15, 0.2) is 84.9 Å². The van der Waals surface area contributed by atoms with Crippen molar-refractivity contribution in [2.24, 2.45) is 0 Å². The molecule has 0 fully saturated rings. The monoisotopic (exact) mass is 646 g/mol. The van der Waals surface area contributed by atoms with Gasteiger partial charge in [0.1, 0.15) is 11.5 Å². The number of nitrogen functional groups attached to an aromatic ring is 1. The SMILES string of the molecule is Nc1ccc(Oc2ccc(NC(=O)c3cc(C(c4ccc(C(=O)O)c(C=O)c4)(C(F)(F)F)C(F)(F)F)ccc3C(=O)O)cc2)cc1. The van der Waals surface area contributed by atoms with Crippen LogP contribution in [0.25, 0.3) is 0 Å². The van der Waals surface area contributed by atoms with E-state index in [0.717, 1.165) is 0 Å². The van der Waals surface area contributed by atoms with E-state index in [1.165, 1.54) is 24.3 Å². The van der Waals surface area contributed by atoms with E-state index in [1.807, 2.05) is 0 Å². The van der Waals surface area contributed by atoms with Crippen molar-refractivity contribution < 1.29 is 60.5 Å². The van der Waals surface area contributed by atoms with Crippen LogP contribution in [0.2, 0.25) is 0 Å². The number of benzene rings is 4. The Kier molecular flexibility index (Phi) is 8.81. The molecule has 238 valence electrons. The Balaban J connectivity index is 1.81. The van der Waals surface area contributed by atoms with Gasteiger partial charge in [-0.3, -0.25) is 9.59 Å². The molecule has 0 atom stereocenters. The highest BCUT2D eigenvalue weighted by atomic mass is 19.4. The fraction of sp³-hybridized carbons (Fsp3) is 0.0968. The zero-order valence-corrected chi connectivity index (χ0v) is 22.9. The molecule has 0 aliphatic carbocycles. The molecule has 0 unspecified atom stereocenters. The first-order valence-electron chi connectivity index (χ1n) is 12.8. The minimum absolute atomic E-state index is 0.0193. The quantitative estimate of drug-likeness (QED) is 0.0867.